The van der Waals surface area contributed by atoms with E-state index in [2.05, 4.69) is 20.7 Å². The number of hydrogen-bond donors (Lipinski definition) is 1. The molecular weight excluding hydrogens is 350 g/mol. The van der Waals surface area contributed by atoms with E-state index in [1.807, 2.05) is 18.2 Å². The Bertz CT molecular complexity index is 899. The van der Waals surface area contributed by atoms with E-state index in [9.17, 15) is 5.11 Å². The summed E-state index contributed by atoms with van der Waals surface area (Å²) >= 11 is 1.44. The molecule has 0 radical (unpaired) electrons. The van der Waals surface area contributed by atoms with Crippen LogP contribution in [0.1, 0.15) is 19.5 Å². The van der Waals surface area contributed by atoms with Crippen LogP contribution in [0, 0.1) is 0 Å². The number of aliphatic hydroxyl groups is 1. The minimum Gasteiger partial charge on any atom is -0.481 e. The van der Waals surface area contributed by atoms with Crippen LogP contribution >= 0.6 is 11.8 Å². The van der Waals surface area contributed by atoms with Crippen LogP contribution < -0.4 is 0 Å². The predicted octanol–water partition coefficient (Wildman–Crippen LogP) is 3.71. The molecule has 1 aliphatic heterocycles. The molecule has 7 heteroatoms. The number of nitrogens with zero attached hydrogens (tertiary/aromatic N) is 3. The maximum atomic E-state index is 10.0. The SMILES string of the molecule is COC1=NC/C=C(/Sc2ocnc2-c2ccc(C(C)(C)O)nc2)C=C=C1. The molecule has 26 heavy (non-hydrogen) atoms. The second-order valence-corrected chi connectivity index (χ2v) is 7.07. The monoisotopic (exact) mass is 369 g/mol. The molecule has 2 aromatic rings. The summed E-state index contributed by atoms with van der Waals surface area (Å²) < 4.78 is 10.6. The van der Waals surface area contributed by atoms with Gasteiger partial charge in [-0.05, 0) is 49.9 Å². The van der Waals surface area contributed by atoms with Crippen LogP contribution in [0.25, 0.3) is 11.3 Å². The molecule has 0 aromatic carbocycles. The highest BCUT2D eigenvalue weighted by molar-refractivity contribution is 8.03. The standard InChI is InChI=1S/C19H19N3O3S/c1-19(2,23)15-8-7-13(11-21-15)17-18(25-12-22-17)26-14-5-4-6-16(24-3)20-10-9-14/h5-9,11-12,23H,10H2,1-3H3/b14-9+,20-16?. The van der Waals surface area contributed by atoms with Crippen molar-refractivity contribution in [1.29, 1.82) is 0 Å². The molecular formula is C19H19N3O3S. The molecule has 0 spiro atoms. The van der Waals surface area contributed by atoms with Crippen molar-refractivity contribution in [3.63, 3.8) is 0 Å². The highest BCUT2D eigenvalue weighted by atomic mass is 32.2. The third-order valence-corrected chi connectivity index (χ3v) is 4.59. The minimum atomic E-state index is -0.984. The van der Waals surface area contributed by atoms with Gasteiger partial charge in [-0.1, -0.05) is 0 Å². The van der Waals surface area contributed by atoms with Crippen LogP contribution in [0.4, 0.5) is 0 Å². The molecule has 0 bridgehead atoms. The molecule has 134 valence electrons. The molecule has 0 fully saturated rings. The van der Waals surface area contributed by atoms with Gasteiger partial charge in [0, 0.05) is 22.7 Å². The molecule has 2 aromatic heterocycles. The Balaban J connectivity index is 1.81. The van der Waals surface area contributed by atoms with Gasteiger partial charge in [0.15, 0.2) is 11.5 Å². The second kappa shape index (κ2) is 7.74. The van der Waals surface area contributed by atoms with Gasteiger partial charge in [-0.2, -0.15) is 0 Å². The van der Waals surface area contributed by atoms with Gasteiger partial charge in [0.25, 0.3) is 0 Å². The summed E-state index contributed by atoms with van der Waals surface area (Å²) in [4.78, 5) is 13.9. The van der Waals surface area contributed by atoms with Crippen LogP contribution in [-0.2, 0) is 10.3 Å². The average molecular weight is 369 g/mol. The minimum absolute atomic E-state index is 0.505. The number of methoxy groups -OCH3 is 1. The van der Waals surface area contributed by atoms with Gasteiger partial charge in [0.2, 0.25) is 5.90 Å². The molecule has 0 atom stereocenters. The van der Waals surface area contributed by atoms with Gasteiger partial charge in [-0.3, -0.25) is 4.98 Å². The second-order valence-electron chi connectivity index (χ2n) is 6.03. The van der Waals surface area contributed by atoms with Crippen molar-refractivity contribution in [2.45, 2.75) is 24.5 Å². The average Bonchev–Trinajstić information content (AvgIpc) is 3.04. The maximum Gasteiger partial charge on any atom is 0.216 e. The van der Waals surface area contributed by atoms with E-state index in [4.69, 9.17) is 9.15 Å². The maximum absolute atomic E-state index is 10.0. The number of allylic oxidation sites excluding steroid dienone is 1. The lowest BCUT2D eigenvalue weighted by Gasteiger charge is -2.16. The van der Waals surface area contributed by atoms with E-state index >= 15 is 0 Å². The molecule has 0 unspecified atom stereocenters. The van der Waals surface area contributed by atoms with Crippen LogP contribution in [-0.4, -0.2) is 34.6 Å². The molecule has 0 amide bonds. The van der Waals surface area contributed by atoms with Gasteiger partial charge in [-0.15, -0.1) is 5.73 Å². The van der Waals surface area contributed by atoms with E-state index < -0.39 is 5.60 Å². The highest BCUT2D eigenvalue weighted by Crippen LogP contribution is 2.35. The number of ether oxygens (including phenoxy) is 1. The fourth-order valence-corrected chi connectivity index (χ4v) is 3.08. The summed E-state index contributed by atoms with van der Waals surface area (Å²) in [5.74, 6) is 0.542. The van der Waals surface area contributed by atoms with Crippen molar-refractivity contribution in [2.24, 2.45) is 4.99 Å². The Morgan fingerprint density at radius 1 is 1.27 bits per heavy atom. The molecule has 3 heterocycles. The molecule has 1 N–H and O–H groups in total. The van der Waals surface area contributed by atoms with E-state index in [1.54, 1.807) is 39.3 Å². The van der Waals surface area contributed by atoms with Crippen molar-refractivity contribution >= 4 is 17.7 Å². The summed E-state index contributed by atoms with van der Waals surface area (Å²) in [6.45, 7) is 3.90. The summed E-state index contributed by atoms with van der Waals surface area (Å²) in [6, 6.07) is 3.66. The number of hydrogen-bond acceptors (Lipinski definition) is 7. The Kier molecular flexibility index (Phi) is 5.42. The first kappa shape index (κ1) is 18.2. The Morgan fingerprint density at radius 3 is 2.81 bits per heavy atom. The Morgan fingerprint density at radius 2 is 2.12 bits per heavy atom. The van der Waals surface area contributed by atoms with E-state index in [-0.39, 0.29) is 0 Å². The predicted molar refractivity (Wildman–Crippen MR) is 101 cm³/mol. The van der Waals surface area contributed by atoms with Crippen molar-refractivity contribution in [2.75, 3.05) is 13.7 Å². The fourth-order valence-electron chi connectivity index (χ4n) is 2.22. The van der Waals surface area contributed by atoms with Crippen molar-refractivity contribution in [3.05, 3.63) is 59.3 Å². The first-order chi connectivity index (χ1) is 12.5. The highest BCUT2D eigenvalue weighted by Gasteiger charge is 2.19. The van der Waals surface area contributed by atoms with Gasteiger partial charge >= 0.3 is 0 Å². The van der Waals surface area contributed by atoms with E-state index in [0.29, 0.717) is 28.9 Å². The molecule has 0 saturated heterocycles. The van der Waals surface area contributed by atoms with E-state index in [1.165, 1.54) is 18.2 Å². The molecule has 6 nitrogen and oxygen atoms in total. The first-order valence-electron chi connectivity index (χ1n) is 7.99. The quantitative estimate of drug-likeness (QED) is 0.828. The smallest absolute Gasteiger partial charge is 0.216 e. The summed E-state index contributed by atoms with van der Waals surface area (Å²) in [7, 11) is 1.58. The Labute approximate surface area is 156 Å². The summed E-state index contributed by atoms with van der Waals surface area (Å²) in [5.41, 5.74) is 4.17. The molecule has 3 rings (SSSR count). The van der Waals surface area contributed by atoms with Crippen molar-refractivity contribution in [3.8, 4) is 11.3 Å². The number of thioether (sulfide) groups is 1. The van der Waals surface area contributed by atoms with Gasteiger partial charge in [0.1, 0.15) is 11.3 Å². The number of pyridine rings is 1. The van der Waals surface area contributed by atoms with Crippen LogP contribution in [0.3, 0.4) is 0 Å². The molecule has 0 aliphatic carbocycles. The zero-order valence-corrected chi connectivity index (χ0v) is 15.6. The third-order valence-electron chi connectivity index (χ3n) is 3.59. The first-order valence-corrected chi connectivity index (χ1v) is 8.80. The van der Waals surface area contributed by atoms with Crippen molar-refractivity contribution in [1.82, 2.24) is 9.97 Å². The van der Waals surface area contributed by atoms with Gasteiger partial charge in [0.05, 0.1) is 19.3 Å². The van der Waals surface area contributed by atoms with Crippen LogP contribution in [0.2, 0.25) is 0 Å². The Hall–Kier alpha value is -2.60. The van der Waals surface area contributed by atoms with Crippen molar-refractivity contribution < 1.29 is 14.3 Å². The van der Waals surface area contributed by atoms with E-state index in [0.717, 1.165) is 10.5 Å². The molecule has 0 saturated carbocycles. The normalized spacial score (nSPS) is 16.5. The van der Waals surface area contributed by atoms with Crippen LogP contribution in [0.15, 0.2) is 68.1 Å². The number of rotatable bonds is 4. The number of aromatic nitrogens is 2. The van der Waals surface area contributed by atoms with Gasteiger partial charge in [-0.25, -0.2) is 9.98 Å². The van der Waals surface area contributed by atoms with Crippen LogP contribution in [0.5, 0.6) is 0 Å². The zero-order valence-electron chi connectivity index (χ0n) is 14.8. The summed E-state index contributed by atoms with van der Waals surface area (Å²) in [6.07, 6.45) is 8.60. The fraction of sp³-hybridized carbons (Fsp3) is 0.263. The lowest BCUT2D eigenvalue weighted by molar-refractivity contribution is 0.0739. The lowest BCUT2D eigenvalue weighted by Crippen LogP contribution is -2.17. The largest absolute Gasteiger partial charge is 0.481 e. The number of oxazole rings is 1. The lowest BCUT2D eigenvalue weighted by atomic mass is 10.0. The summed E-state index contributed by atoms with van der Waals surface area (Å²) in [5, 5.41) is 10.7. The zero-order chi connectivity index (χ0) is 18.6. The third kappa shape index (κ3) is 4.32. The molecule has 1 aliphatic rings. The topological polar surface area (TPSA) is 80.7 Å². The number of aliphatic imine (C=N–C) groups is 1. The van der Waals surface area contributed by atoms with Gasteiger partial charge < -0.3 is 14.3 Å².